The van der Waals surface area contributed by atoms with Crippen LogP contribution in [0.1, 0.15) is 19.8 Å². The van der Waals surface area contributed by atoms with Crippen molar-refractivity contribution in [3.05, 3.63) is 12.3 Å². The third-order valence-corrected chi connectivity index (χ3v) is 1.36. The Hall–Kier alpha value is -0.790. The van der Waals surface area contributed by atoms with Gasteiger partial charge in [0.15, 0.2) is 0 Å². The van der Waals surface area contributed by atoms with Crippen LogP contribution in [0.25, 0.3) is 0 Å². The summed E-state index contributed by atoms with van der Waals surface area (Å²) in [5, 5.41) is 0. The van der Waals surface area contributed by atoms with Crippen LogP contribution in [0.4, 0.5) is 0 Å². The van der Waals surface area contributed by atoms with E-state index in [1.165, 1.54) is 0 Å². The monoisotopic (exact) mass is 125 g/mol. The normalized spacial score (nSPS) is 17.4. The molecule has 0 radical (unpaired) electrons. The van der Waals surface area contributed by atoms with Crippen LogP contribution in [0.2, 0.25) is 0 Å². The van der Waals surface area contributed by atoms with Gasteiger partial charge in [-0.1, -0.05) is 13.0 Å². The minimum atomic E-state index is 0.233. The molecule has 0 aromatic carbocycles. The van der Waals surface area contributed by atoms with Crippen LogP contribution in [0.3, 0.4) is 0 Å². The molecule has 0 fully saturated rings. The highest BCUT2D eigenvalue weighted by Gasteiger charge is 2.11. The van der Waals surface area contributed by atoms with E-state index < -0.39 is 0 Å². The molecule has 1 aliphatic rings. The topological polar surface area (TPSA) is 20.3 Å². The molecule has 0 spiro atoms. The molecule has 0 saturated carbocycles. The predicted molar refractivity (Wildman–Crippen MR) is 35.8 cm³/mol. The van der Waals surface area contributed by atoms with Gasteiger partial charge in [-0.05, 0) is 6.42 Å². The molecule has 1 heterocycles. The molecule has 0 saturated heterocycles. The first-order valence-corrected chi connectivity index (χ1v) is 3.30. The number of carbonyl (C=O) groups excluding carboxylic acids is 1. The van der Waals surface area contributed by atoms with Crippen molar-refractivity contribution >= 4 is 5.91 Å². The van der Waals surface area contributed by atoms with Crippen LogP contribution >= 0.6 is 0 Å². The fraction of sp³-hybridized carbons (Fsp3) is 0.571. The molecule has 0 aromatic rings. The molecule has 0 unspecified atom stereocenters. The van der Waals surface area contributed by atoms with Gasteiger partial charge in [-0.25, -0.2) is 0 Å². The summed E-state index contributed by atoms with van der Waals surface area (Å²) in [5.41, 5.74) is 0. The summed E-state index contributed by atoms with van der Waals surface area (Å²) in [6, 6.07) is 0. The summed E-state index contributed by atoms with van der Waals surface area (Å²) in [6.07, 6.45) is 5.40. The standard InChI is InChI=1S/C7H11NO/c1-2-5-8-6-3-4-7(8)9/h3,6H,2,4-5H2,1H3. The van der Waals surface area contributed by atoms with Gasteiger partial charge in [0.05, 0.1) is 0 Å². The highest BCUT2D eigenvalue weighted by Crippen LogP contribution is 2.05. The Morgan fingerprint density at radius 2 is 2.56 bits per heavy atom. The SMILES string of the molecule is CCCN1C=CCC1=O. The number of rotatable bonds is 2. The Kier molecular flexibility index (Phi) is 1.88. The van der Waals surface area contributed by atoms with Crippen LogP contribution < -0.4 is 0 Å². The van der Waals surface area contributed by atoms with Crippen LogP contribution in [0.15, 0.2) is 12.3 Å². The predicted octanol–water partition coefficient (Wildman–Crippen LogP) is 1.14. The van der Waals surface area contributed by atoms with Crippen LogP contribution in [-0.2, 0) is 4.79 Å². The van der Waals surface area contributed by atoms with Crippen molar-refractivity contribution in [2.45, 2.75) is 19.8 Å². The Labute approximate surface area is 55.2 Å². The lowest BCUT2D eigenvalue weighted by molar-refractivity contribution is -0.126. The zero-order valence-electron chi connectivity index (χ0n) is 5.63. The van der Waals surface area contributed by atoms with Gasteiger partial charge >= 0.3 is 0 Å². The fourth-order valence-corrected chi connectivity index (χ4v) is 0.921. The highest BCUT2D eigenvalue weighted by molar-refractivity contribution is 5.81. The first-order chi connectivity index (χ1) is 4.34. The lowest BCUT2D eigenvalue weighted by Crippen LogP contribution is -2.21. The van der Waals surface area contributed by atoms with E-state index in [0.29, 0.717) is 6.42 Å². The van der Waals surface area contributed by atoms with E-state index in [4.69, 9.17) is 0 Å². The van der Waals surface area contributed by atoms with Gasteiger partial charge < -0.3 is 4.90 Å². The number of amides is 1. The van der Waals surface area contributed by atoms with Crippen molar-refractivity contribution in [1.82, 2.24) is 4.90 Å². The lowest BCUT2D eigenvalue weighted by atomic mass is 10.4. The summed E-state index contributed by atoms with van der Waals surface area (Å²) in [6.45, 7) is 2.94. The van der Waals surface area contributed by atoms with Gasteiger partial charge in [0.1, 0.15) is 0 Å². The van der Waals surface area contributed by atoms with Crippen molar-refractivity contribution in [1.29, 1.82) is 0 Å². The minimum absolute atomic E-state index is 0.233. The average molecular weight is 125 g/mol. The maximum Gasteiger partial charge on any atom is 0.230 e. The lowest BCUT2D eigenvalue weighted by Gasteiger charge is -2.10. The zero-order valence-corrected chi connectivity index (χ0v) is 5.63. The molecular weight excluding hydrogens is 114 g/mol. The molecular formula is C7H11NO. The third-order valence-electron chi connectivity index (χ3n) is 1.36. The number of hydrogen-bond acceptors (Lipinski definition) is 1. The molecule has 1 amide bonds. The molecule has 2 heteroatoms. The molecule has 2 nitrogen and oxygen atoms in total. The minimum Gasteiger partial charge on any atom is -0.319 e. The summed E-state index contributed by atoms with van der Waals surface area (Å²) < 4.78 is 0. The Bertz CT molecular complexity index is 140. The zero-order chi connectivity index (χ0) is 6.69. The van der Waals surface area contributed by atoms with Crippen LogP contribution in [0.5, 0.6) is 0 Å². The molecule has 0 N–H and O–H groups in total. The molecule has 0 aliphatic carbocycles. The van der Waals surface area contributed by atoms with E-state index in [-0.39, 0.29) is 5.91 Å². The second-order valence-electron chi connectivity index (χ2n) is 2.18. The Morgan fingerprint density at radius 1 is 1.78 bits per heavy atom. The summed E-state index contributed by atoms with van der Waals surface area (Å²) in [7, 11) is 0. The quantitative estimate of drug-likeness (QED) is 0.542. The molecule has 0 bridgehead atoms. The van der Waals surface area contributed by atoms with Gasteiger partial charge in [-0.2, -0.15) is 0 Å². The van der Waals surface area contributed by atoms with E-state index in [1.807, 2.05) is 12.3 Å². The fourth-order valence-electron chi connectivity index (χ4n) is 0.921. The van der Waals surface area contributed by atoms with Gasteiger partial charge in [0, 0.05) is 19.2 Å². The van der Waals surface area contributed by atoms with E-state index in [2.05, 4.69) is 6.92 Å². The average Bonchev–Trinajstić information content (AvgIpc) is 2.18. The first-order valence-electron chi connectivity index (χ1n) is 3.30. The van der Waals surface area contributed by atoms with Gasteiger partial charge in [0.25, 0.3) is 0 Å². The molecule has 1 rings (SSSR count). The van der Waals surface area contributed by atoms with E-state index in [9.17, 15) is 4.79 Å². The van der Waals surface area contributed by atoms with Crippen LogP contribution in [0, 0.1) is 0 Å². The molecule has 9 heavy (non-hydrogen) atoms. The molecule has 0 aromatic heterocycles. The summed E-state index contributed by atoms with van der Waals surface area (Å²) in [5.74, 6) is 0.233. The van der Waals surface area contributed by atoms with Crippen molar-refractivity contribution in [3.63, 3.8) is 0 Å². The van der Waals surface area contributed by atoms with Crippen molar-refractivity contribution in [2.75, 3.05) is 6.54 Å². The highest BCUT2D eigenvalue weighted by atomic mass is 16.2. The first kappa shape index (κ1) is 6.33. The largest absolute Gasteiger partial charge is 0.319 e. The number of carbonyl (C=O) groups is 1. The molecule has 1 aliphatic heterocycles. The van der Waals surface area contributed by atoms with Crippen LogP contribution in [-0.4, -0.2) is 17.4 Å². The van der Waals surface area contributed by atoms with E-state index >= 15 is 0 Å². The third kappa shape index (κ3) is 1.31. The second kappa shape index (κ2) is 2.67. The maximum absolute atomic E-state index is 10.8. The van der Waals surface area contributed by atoms with Gasteiger partial charge in [-0.3, -0.25) is 4.79 Å². The van der Waals surface area contributed by atoms with Crippen molar-refractivity contribution in [3.8, 4) is 0 Å². The van der Waals surface area contributed by atoms with Gasteiger partial charge in [0.2, 0.25) is 5.91 Å². The van der Waals surface area contributed by atoms with Gasteiger partial charge in [-0.15, -0.1) is 0 Å². The van der Waals surface area contributed by atoms with Crippen molar-refractivity contribution in [2.24, 2.45) is 0 Å². The van der Waals surface area contributed by atoms with Crippen molar-refractivity contribution < 1.29 is 4.79 Å². The maximum atomic E-state index is 10.8. The van der Waals surface area contributed by atoms with E-state index in [1.54, 1.807) is 4.90 Å². The number of nitrogens with zero attached hydrogens (tertiary/aromatic N) is 1. The molecule has 50 valence electrons. The van der Waals surface area contributed by atoms with E-state index in [0.717, 1.165) is 13.0 Å². The second-order valence-corrected chi connectivity index (χ2v) is 2.18. The summed E-state index contributed by atoms with van der Waals surface area (Å²) >= 11 is 0. The molecule has 0 atom stereocenters. The number of hydrogen-bond donors (Lipinski definition) is 0. The summed E-state index contributed by atoms with van der Waals surface area (Å²) in [4.78, 5) is 12.6. The Balaban J connectivity index is 2.40. The smallest absolute Gasteiger partial charge is 0.230 e. The Morgan fingerprint density at radius 3 is 3.00 bits per heavy atom.